The summed E-state index contributed by atoms with van der Waals surface area (Å²) in [6.45, 7) is 0. The van der Waals surface area contributed by atoms with Crippen molar-refractivity contribution < 1.29 is 19.9 Å². The Kier molecular flexibility index (Phi) is 5.00. The molecular formula is C15H13N3O5. The summed E-state index contributed by atoms with van der Waals surface area (Å²) in [5.74, 6) is -1.20. The van der Waals surface area contributed by atoms with Gasteiger partial charge >= 0.3 is 5.69 Å². The quantitative estimate of drug-likeness (QED) is 0.438. The second-order valence-corrected chi connectivity index (χ2v) is 4.55. The predicted octanol–water partition coefficient (Wildman–Crippen LogP) is 1.48. The van der Waals surface area contributed by atoms with E-state index in [9.17, 15) is 25.1 Å². The van der Waals surface area contributed by atoms with E-state index in [1.807, 2.05) is 0 Å². The number of amides is 1. The minimum Gasteiger partial charge on any atom is -0.502 e. The van der Waals surface area contributed by atoms with E-state index >= 15 is 0 Å². The molecule has 2 aromatic rings. The number of benzene rings is 2. The molecule has 0 aliphatic heterocycles. The zero-order valence-electron chi connectivity index (χ0n) is 11.8. The van der Waals surface area contributed by atoms with Gasteiger partial charge in [0.15, 0.2) is 11.9 Å². The van der Waals surface area contributed by atoms with E-state index in [2.05, 4.69) is 10.5 Å². The lowest BCUT2D eigenvalue weighted by molar-refractivity contribution is -0.385. The number of phenols is 1. The fourth-order valence-electron chi connectivity index (χ4n) is 1.79. The zero-order chi connectivity index (χ0) is 16.8. The Morgan fingerprint density at radius 1 is 1.26 bits per heavy atom. The summed E-state index contributed by atoms with van der Waals surface area (Å²) in [5.41, 5.74) is 2.40. The van der Waals surface area contributed by atoms with Crippen molar-refractivity contribution in [1.82, 2.24) is 5.43 Å². The highest BCUT2D eigenvalue weighted by molar-refractivity contribution is 5.85. The van der Waals surface area contributed by atoms with E-state index in [4.69, 9.17) is 0 Å². The Bertz CT molecular complexity index is 746. The van der Waals surface area contributed by atoms with Crippen LogP contribution in [0.3, 0.4) is 0 Å². The molecule has 0 radical (unpaired) electrons. The molecule has 0 aliphatic carbocycles. The third-order valence-corrected chi connectivity index (χ3v) is 2.95. The first kappa shape index (κ1) is 16.1. The molecule has 23 heavy (non-hydrogen) atoms. The molecule has 0 saturated heterocycles. The molecule has 0 aliphatic rings. The number of phenolic OH excluding ortho intramolecular Hbond substituents is 1. The number of nitro groups is 1. The minimum atomic E-state index is -1.37. The molecule has 8 heteroatoms. The summed E-state index contributed by atoms with van der Waals surface area (Å²) >= 11 is 0. The second kappa shape index (κ2) is 7.14. The highest BCUT2D eigenvalue weighted by Crippen LogP contribution is 2.25. The first-order valence-electron chi connectivity index (χ1n) is 6.52. The maximum absolute atomic E-state index is 11.7. The molecule has 0 saturated carbocycles. The number of aliphatic hydroxyl groups excluding tert-OH is 1. The van der Waals surface area contributed by atoms with Gasteiger partial charge in [0.2, 0.25) is 0 Å². The van der Waals surface area contributed by atoms with Crippen molar-refractivity contribution in [2.45, 2.75) is 6.10 Å². The van der Waals surface area contributed by atoms with Crippen LogP contribution in [-0.2, 0) is 4.79 Å². The van der Waals surface area contributed by atoms with Gasteiger partial charge in [-0.3, -0.25) is 14.9 Å². The van der Waals surface area contributed by atoms with Crippen molar-refractivity contribution >= 4 is 17.8 Å². The van der Waals surface area contributed by atoms with Gasteiger partial charge in [0.25, 0.3) is 5.91 Å². The largest absolute Gasteiger partial charge is 0.502 e. The summed E-state index contributed by atoms with van der Waals surface area (Å²) in [6.07, 6.45) is -0.204. The van der Waals surface area contributed by atoms with Gasteiger partial charge in [-0.05, 0) is 17.7 Å². The number of nitro benzene ring substituents is 1. The van der Waals surface area contributed by atoms with Crippen molar-refractivity contribution in [3.05, 3.63) is 69.8 Å². The van der Waals surface area contributed by atoms with Crippen LogP contribution in [0.15, 0.2) is 53.6 Å². The molecule has 0 unspecified atom stereocenters. The molecule has 2 aromatic carbocycles. The smallest absolute Gasteiger partial charge is 0.311 e. The van der Waals surface area contributed by atoms with Gasteiger partial charge < -0.3 is 10.2 Å². The van der Waals surface area contributed by atoms with E-state index in [1.54, 1.807) is 30.3 Å². The van der Waals surface area contributed by atoms with E-state index in [0.717, 1.165) is 12.1 Å². The average molecular weight is 315 g/mol. The Morgan fingerprint density at radius 3 is 2.61 bits per heavy atom. The van der Waals surface area contributed by atoms with Gasteiger partial charge in [0.05, 0.1) is 11.1 Å². The number of hydrogen-bond donors (Lipinski definition) is 3. The lowest BCUT2D eigenvalue weighted by Crippen LogP contribution is -2.25. The lowest BCUT2D eigenvalue weighted by atomic mass is 10.1. The highest BCUT2D eigenvalue weighted by Gasteiger charge is 2.16. The van der Waals surface area contributed by atoms with Crippen molar-refractivity contribution in [3.63, 3.8) is 0 Å². The number of hydrogen-bond acceptors (Lipinski definition) is 6. The summed E-state index contributed by atoms with van der Waals surface area (Å²) in [4.78, 5) is 21.7. The fourth-order valence-corrected chi connectivity index (χ4v) is 1.79. The van der Waals surface area contributed by atoms with Crippen molar-refractivity contribution in [1.29, 1.82) is 0 Å². The van der Waals surface area contributed by atoms with Crippen molar-refractivity contribution in [3.8, 4) is 5.75 Å². The van der Waals surface area contributed by atoms with Crippen LogP contribution in [-0.4, -0.2) is 27.3 Å². The molecule has 8 nitrogen and oxygen atoms in total. The third kappa shape index (κ3) is 4.11. The molecule has 0 fully saturated rings. The standard InChI is InChI=1S/C15H13N3O5/c19-13-7-6-10(8-12(13)18(22)23)9-16-17-15(21)14(20)11-4-2-1-3-5-11/h1-9,14,19-20H,(H,17,21)/b16-9+/t14-/m1/s1. The van der Waals surface area contributed by atoms with Crippen LogP contribution in [0.4, 0.5) is 5.69 Å². The van der Waals surface area contributed by atoms with Crippen molar-refractivity contribution in [2.75, 3.05) is 0 Å². The first-order valence-corrected chi connectivity index (χ1v) is 6.52. The topological polar surface area (TPSA) is 125 Å². The molecule has 118 valence electrons. The molecule has 1 atom stereocenters. The van der Waals surface area contributed by atoms with Crippen LogP contribution < -0.4 is 5.43 Å². The van der Waals surface area contributed by atoms with Gasteiger partial charge in [-0.25, -0.2) is 5.43 Å². The number of carbonyl (C=O) groups is 1. The third-order valence-electron chi connectivity index (χ3n) is 2.95. The van der Waals surface area contributed by atoms with Gasteiger partial charge in [-0.1, -0.05) is 30.3 Å². The maximum atomic E-state index is 11.7. The average Bonchev–Trinajstić information content (AvgIpc) is 2.56. The van der Waals surface area contributed by atoms with E-state index in [0.29, 0.717) is 11.1 Å². The molecule has 0 heterocycles. The van der Waals surface area contributed by atoms with Gasteiger partial charge in [0, 0.05) is 11.6 Å². The monoisotopic (exact) mass is 315 g/mol. The molecule has 0 spiro atoms. The normalized spacial score (nSPS) is 12.0. The Labute approximate surface area is 130 Å². The Morgan fingerprint density at radius 2 is 1.96 bits per heavy atom. The molecular weight excluding hydrogens is 302 g/mol. The summed E-state index contributed by atoms with van der Waals surface area (Å²) in [5, 5.41) is 33.5. The lowest BCUT2D eigenvalue weighted by Gasteiger charge is -2.08. The van der Waals surface area contributed by atoms with Gasteiger partial charge in [-0.2, -0.15) is 5.10 Å². The SMILES string of the molecule is O=C(N/N=C/c1ccc(O)c([N+](=O)[O-])c1)[C@H](O)c1ccccc1. The van der Waals surface area contributed by atoms with Crippen molar-refractivity contribution in [2.24, 2.45) is 5.10 Å². The fraction of sp³-hybridized carbons (Fsp3) is 0.0667. The first-order chi connectivity index (χ1) is 11.0. The van der Waals surface area contributed by atoms with Crippen LogP contribution in [0.5, 0.6) is 5.75 Å². The van der Waals surface area contributed by atoms with Crippen LogP contribution in [0, 0.1) is 10.1 Å². The number of rotatable bonds is 5. The van der Waals surface area contributed by atoms with E-state index in [1.165, 1.54) is 12.3 Å². The van der Waals surface area contributed by atoms with Crippen LogP contribution in [0.25, 0.3) is 0 Å². The number of hydrazone groups is 1. The Hall–Kier alpha value is -3.26. The van der Waals surface area contributed by atoms with Crippen LogP contribution in [0.2, 0.25) is 0 Å². The summed E-state index contributed by atoms with van der Waals surface area (Å²) in [7, 11) is 0. The molecule has 0 bridgehead atoms. The van der Waals surface area contributed by atoms with E-state index in [-0.39, 0.29) is 0 Å². The van der Waals surface area contributed by atoms with E-state index < -0.39 is 28.4 Å². The Balaban J connectivity index is 2.03. The zero-order valence-corrected chi connectivity index (χ0v) is 11.8. The number of carbonyl (C=O) groups excluding carboxylic acids is 1. The summed E-state index contributed by atoms with van der Waals surface area (Å²) < 4.78 is 0. The van der Waals surface area contributed by atoms with Crippen LogP contribution >= 0.6 is 0 Å². The molecule has 2 rings (SSSR count). The predicted molar refractivity (Wildman–Crippen MR) is 81.9 cm³/mol. The molecule has 1 amide bonds. The van der Waals surface area contributed by atoms with Gasteiger partial charge in [-0.15, -0.1) is 0 Å². The summed E-state index contributed by atoms with van der Waals surface area (Å²) in [6, 6.07) is 12.0. The maximum Gasteiger partial charge on any atom is 0.311 e. The minimum absolute atomic E-state index is 0.309. The number of aromatic hydroxyl groups is 1. The highest BCUT2D eigenvalue weighted by atomic mass is 16.6. The molecule has 0 aromatic heterocycles. The number of nitrogens with one attached hydrogen (secondary N) is 1. The molecule has 3 N–H and O–H groups in total. The number of aliphatic hydroxyl groups is 1. The van der Waals surface area contributed by atoms with Crippen LogP contribution in [0.1, 0.15) is 17.2 Å². The number of nitrogens with zero attached hydrogens (tertiary/aromatic N) is 2. The van der Waals surface area contributed by atoms with Gasteiger partial charge in [0.1, 0.15) is 0 Å². The second-order valence-electron chi connectivity index (χ2n) is 4.55.